The summed E-state index contributed by atoms with van der Waals surface area (Å²) in [5.41, 5.74) is 0.636. The van der Waals surface area contributed by atoms with Crippen molar-refractivity contribution in [3.8, 4) is 5.69 Å². The third kappa shape index (κ3) is 2.23. The number of imidazole rings is 1. The minimum Gasteiger partial charge on any atom is -0.336 e. The lowest BCUT2D eigenvalue weighted by Crippen LogP contribution is -2.44. The van der Waals surface area contributed by atoms with E-state index in [1.807, 2.05) is 18.2 Å². The summed E-state index contributed by atoms with van der Waals surface area (Å²) in [6.45, 7) is 1.69. The van der Waals surface area contributed by atoms with E-state index >= 15 is 0 Å². The molecule has 9 heteroatoms. The zero-order chi connectivity index (χ0) is 18.9. The van der Waals surface area contributed by atoms with E-state index in [-0.39, 0.29) is 5.56 Å². The fourth-order valence-corrected chi connectivity index (χ4v) is 4.46. The SMILES string of the molecule is Cn1c(=O)c2c(nc(N3C[C@H]4C[C@@H]3CN4)n2-c2ccccc2Cl)n(C)c1=O. The molecule has 2 aliphatic heterocycles. The molecule has 0 saturated carbocycles. The number of hydrogen-bond donors (Lipinski definition) is 1. The van der Waals surface area contributed by atoms with Crippen LogP contribution in [0.1, 0.15) is 6.42 Å². The second-order valence-electron chi connectivity index (χ2n) is 7.22. The van der Waals surface area contributed by atoms with Crippen LogP contribution in [0.15, 0.2) is 33.9 Å². The van der Waals surface area contributed by atoms with Crippen LogP contribution in [0, 0.1) is 0 Å². The fraction of sp³-hybridized carbons (Fsp3) is 0.389. The Balaban J connectivity index is 1.90. The van der Waals surface area contributed by atoms with Gasteiger partial charge in [-0.3, -0.25) is 18.5 Å². The maximum Gasteiger partial charge on any atom is 0.332 e. The molecule has 2 fully saturated rings. The Morgan fingerprint density at radius 1 is 1.19 bits per heavy atom. The number of halogens is 1. The number of rotatable bonds is 2. The van der Waals surface area contributed by atoms with Gasteiger partial charge in [-0.25, -0.2) is 4.79 Å². The summed E-state index contributed by atoms with van der Waals surface area (Å²) < 4.78 is 4.33. The second kappa shape index (κ2) is 5.71. The summed E-state index contributed by atoms with van der Waals surface area (Å²) in [6.07, 6.45) is 1.04. The molecule has 0 aliphatic carbocycles. The molecule has 2 bridgehead atoms. The molecule has 1 aromatic carbocycles. The molecule has 2 aromatic heterocycles. The van der Waals surface area contributed by atoms with Crippen molar-refractivity contribution in [2.45, 2.75) is 18.5 Å². The number of fused-ring (bicyclic) bond motifs is 3. The molecule has 4 heterocycles. The molecule has 0 radical (unpaired) electrons. The minimum absolute atomic E-state index is 0.314. The van der Waals surface area contributed by atoms with Gasteiger partial charge in [0.1, 0.15) is 0 Å². The van der Waals surface area contributed by atoms with Crippen LogP contribution in [0.2, 0.25) is 5.02 Å². The van der Waals surface area contributed by atoms with Gasteiger partial charge < -0.3 is 10.2 Å². The summed E-state index contributed by atoms with van der Waals surface area (Å²) in [6, 6.07) is 8.11. The number of piperazine rings is 1. The largest absolute Gasteiger partial charge is 0.336 e. The first kappa shape index (κ1) is 16.6. The fourth-order valence-electron chi connectivity index (χ4n) is 4.24. The number of para-hydroxylation sites is 1. The smallest absolute Gasteiger partial charge is 0.332 e. The number of hydrogen-bond acceptors (Lipinski definition) is 5. The van der Waals surface area contributed by atoms with E-state index in [4.69, 9.17) is 16.6 Å². The quantitative estimate of drug-likeness (QED) is 0.699. The number of anilines is 1. The molecule has 2 aliphatic rings. The number of nitrogens with zero attached hydrogens (tertiary/aromatic N) is 5. The van der Waals surface area contributed by atoms with Crippen molar-refractivity contribution >= 4 is 28.7 Å². The highest BCUT2D eigenvalue weighted by atomic mass is 35.5. The number of aryl methyl sites for hydroxylation is 1. The lowest BCUT2D eigenvalue weighted by Gasteiger charge is -2.29. The highest BCUT2D eigenvalue weighted by Gasteiger charge is 2.40. The maximum absolute atomic E-state index is 13.0. The number of aromatic nitrogens is 4. The molecule has 3 aromatic rings. The van der Waals surface area contributed by atoms with Crippen LogP contribution in [0.3, 0.4) is 0 Å². The van der Waals surface area contributed by atoms with E-state index < -0.39 is 5.69 Å². The molecule has 2 atom stereocenters. The molecule has 0 amide bonds. The van der Waals surface area contributed by atoms with Crippen molar-refractivity contribution in [3.63, 3.8) is 0 Å². The minimum atomic E-state index is -0.396. The standard InChI is InChI=1S/C18H19ClN6O2/c1-22-15-14(16(26)23(2)18(22)27)25(13-6-4-3-5-12(13)19)17(21-15)24-9-10-7-11(24)8-20-10/h3-6,10-11,20H,7-9H2,1-2H3/t10-,11-/m1/s1. The van der Waals surface area contributed by atoms with E-state index in [2.05, 4.69) is 10.2 Å². The first-order valence-electron chi connectivity index (χ1n) is 8.90. The highest BCUT2D eigenvalue weighted by Crippen LogP contribution is 2.34. The van der Waals surface area contributed by atoms with Crippen molar-refractivity contribution < 1.29 is 0 Å². The highest BCUT2D eigenvalue weighted by molar-refractivity contribution is 6.32. The van der Waals surface area contributed by atoms with Crippen molar-refractivity contribution in [1.29, 1.82) is 0 Å². The molecule has 5 rings (SSSR count). The van der Waals surface area contributed by atoms with Gasteiger partial charge in [0.2, 0.25) is 5.95 Å². The lowest BCUT2D eigenvalue weighted by atomic mass is 10.2. The van der Waals surface area contributed by atoms with Crippen molar-refractivity contribution in [1.82, 2.24) is 24.0 Å². The summed E-state index contributed by atoms with van der Waals surface area (Å²) in [4.78, 5) is 32.4. The Morgan fingerprint density at radius 3 is 2.63 bits per heavy atom. The lowest BCUT2D eigenvalue weighted by molar-refractivity contribution is 0.570. The topological polar surface area (TPSA) is 77.1 Å². The summed E-state index contributed by atoms with van der Waals surface area (Å²) in [5, 5.41) is 4.00. The second-order valence-corrected chi connectivity index (χ2v) is 7.63. The van der Waals surface area contributed by atoms with Gasteiger partial charge >= 0.3 is 5.69 Å². The number of benzene rings is 1. The van der Waals surface area contributed by atoms with Gasteiger partial charge in [-0.1, -0.05) is 23.7 Å². The van der Waals surface area contributed by atoms with Gasteiger partial charge in [-0.05, 0) is 18.6 Å². The van der Waals surface area contributed by atoms with Gasteiger partial charge in [0.05, 0.1) is 10.7 Å². The van der Waals surface area contributed by atoms with Crippen LogP contribution < -0.4 is 21.5 Å². The Kier molecular flexibility index (Phi) is 3.50. The average Bonchev–Trinajstić information content (AvgIpc) is 3.38. The average molecular weight is 387 g/mol. The molecule has 8 nitrogen and oxygen atoms in total. The first-order chi connectivity index (χ1) is 13.0. The van der Waals surface area contributed by atoms with E-state index in [9.17, 15) is 9.59 Å². The predicted molar refractivity (Wildman–Crippen MR) is 104 cm³/mol. The van der Waals surface area contributed by atoms with Crippen LogP contribution >= 0.6 is 11.6 Å². The van der Waals surface area contributed by atoms with E-state index in [0.717, 1.165) is 24.1 Å². The van der Waals surface area contributed by atoms with Crippen molar-refractivity contribution in [2.75, 3.05) is 18.0 Å². The van der Waals surface area contributed by atoms with Gasteiger partial charge in [0.15, 0.2) is 11.2 Å². The monoisotopic (exact) mass is 386 g/mol. The van der Waals surface area contributed by atoms with Gasteiger partial charge in [-0.2, -0.15) is 4.98 Å². The zero-order valence-corrected chi connectivity index (χ0v) is 15.8. The molecular formula is C18H19ClN6O2. The van der Waals surface area contributed by atoms with E-state index in [0.29, 0.717) is 39.9 Å². The van der Waals surface area contributed by atoms with Gasteiger partial charge in [-0.15, -0.1) is 0 Å². The summed E-state index contributed by atoms with van der Waals surface area (Å²) >= 11 is 6.48. The van der Waals surface area contributed by atoms with Crippen LogP contribution in [0.25, 0.3) is 16.9 Å². The van der Waals surface area contributed by atoms with E-state index in [1.54, 1.807) is 17.7 Å². The molecular weight excluding hydrogens is 368 g/mol. The maximum atomic E-state index is 13.0. The third-order valence-corrected chi connectivity index (χ3v) is 5.97. The van der Waals surface area contributed by atoms with E-state index in [1.165, 1.54) is 11.6 Å². The Bertz CT molecular complexity index is 1190. The summed E-state index contributed by atoms with van der Waals surface area (Å²) in [5.74, 6) is 0.658. The normalized spacial score (nSPS) is 21.5. The Hall–Kier alpha value is -2.58. The van der Waals surface area contributed by atoms with Crippen molar-refractivity contribution in [3.05, 3.63) is 50.1 Å². The molecule has 2 saturated heterocycles. The molecule has 140 valence electrons. The molecule has 0 unspecified atom stereocenters. The Morgan fingerprint density at radius 2 is 1.96 bits per heavy atom. The van der Waals surface area contributed by atoms with Crippen LogP contribution in [-0.2, 0) is 14.1 Å². The van der Waals surface area contributed by atoms with Gasteiger partial charge in [0.25, 0.3) is 5.56 Å². The third-order valence-electron chi connectivity index (χ3n) is 5.65. The Labute approximate surface area is 159 Å². The molecule has 27 heavy (non-hydrogen) atoms. The summed E-state index contributed by atoms with van der Waals surface area (Å²) in [7, 11) is 3.12. The van der Waals surface area contributed by atoms with Crippen LogP contribution in [0.4, 0.5) is 5.95 Å². The van der Waals surface area contributed by atoms with Gasteiger partial charge in [0, 0.05) is 39.3 Å². The predicted octanol–water partition coefficient (Wildman–Crippen LogP) is 0.627. The molecule has 1 N–H and O–H groups in total. The molecule has 0 spiro atoms. The number of nitrogens with one attached hydrogen (secondary N) is 1. The van der Waals surface area contributed by atoms with Crippen LogP contribution in [-0.4, -0.2) is 43.9 Å². The first-order valence-corrected chi connectivity index (χ1v) is 9.28. The zero-order valence-electron chi connectivity index (χ0n) is 15.0. The van der Waals surface area contributed by atoms with Crippen LogP contribution in [0.5, 0.6) is 0 Å². The van der Waals surface area contributed by atoms with Crippen molar-refractivity contribution in [2.24, 2.45) is 14.1 Å².